The zero-order valence-electron chi connectivity index (χ0n) is 16.0. The van der Waals surface area contributed by atoms with Gasteiger partial charge in [-0.05, 0) is 55.9 Å². The second-order valence-corrected chi connectivity index (χ2v) is 9.55. The Morgan fingerprint density at radius 2 is 1.86 bits per heavy atom. The van der Waals surface area contributed by atoms with Crippen LogP contribution >= 0.6 is 0 Å². The summed E-state index contributed by atoms with van der Waals surface area (Å²) >= 11 is 0. The number of hydrogen-bond donors (Lipinski definition) is 0. The van der Waals surface area contributed by atoms with E-state index in [9.17, 15) is 13.7 Å². The zero-order valence-corrected chi connectivity index (χ0v) is 16.8. The van der Waals surface area contributed by atoms with E-state index >= 15 is 0 Å². The van der Waals surface area contributed by atoms with Crippen LogP contribution in [0.25, 0.3) is 11.5 Å². The number of hydrogen-bond acceptors (Lipinski definition) is 6. The quantitative estimate of drug-likeness (QED) is 0.783. The first-order valence-electron chi connectivity index (χ1n) is 9.75. The molecule has 0 unspecified atom stereocenters. The maximum Gasteiger partial charge on any atom is 0.243 e. The minimum atomic E-state index is -3.49. The summed E-state index contributed by atoms with van der Waals surface area (Å²) in [7, 11) is -3.49. The average Bonchev–Trinajstić information content (AvgIpc) is 3.37. The van der Waals surface area contributed by atoms with Gasteiger partial charge in [-0.1, -0.05) is 6.92 Å². The molecule has 0 radical (unpaired) electrons. The Balaban J connectivity index is 1.59. The van der Waals surface area contributed by atoms with Crippen LogP contribution in [0.3, 0.4) is 0 Å². The smallest absolute Gasteiger partial charge is 0.243 e. The van der Waals surface area contributed by atoms with E-state index in [2.05, 4.69) is 18.0 Å². The SMILES string of the molecule is C[C@H]1CCCN(S(=O)(=O)c2ccc(-c3nc(C#N)c(N4CCCC4)o3)cc2)C1. The van der Waals surface area contributed by atoms with Crippen LogP contribution in [0, 0.1) is 17.2 Å². The fourth-order valence-corrected chi connectivity index (χ4v) is 5.52. The summed E-state index contributed by atoms with van der Waals surface area (Å²) in [6.07, 6.45) is 4.10. The third-order valence-electron chi connectivity index (χ3n) is 5.47. The molecule has 0 bridgehead atoms. The molecule has 2 fully saturated rings. The van der Waals surface area contributed by atoms with Crippen molar-refractivity contribution in [1.82, 2.24) is 9.29 Å². The highest BCUT2D eigenvalue weighted by molar-refractivity contribution is 7.89. The molecule has 2 aliphatic heterocycles. The molecule has 1 aromatic heterocycles. The van der Waals surface area contributed by atoms with E-state index < -0.39 is 10.0 Å². The molecule has 1 atom stereocenters. The highest BCUT2D eigenvalue weighted by Crippen LogP contribution is 2.31. The minimum Gasteiger partial charge on any atom is -0.419 e. The minimum absolute atomic E-state index is 0.274. The second-order valence-electron chi connectivity index (χ2n) is 7.61. The number of anilines is 1. The number of benzene rings is 1. The van der Waals surface area contributed by atoms with Crippen molar-refractivity contribution in [2.75, 3.05) is 31.1 Å². The molecule has 2 aliphatic rings. The molecule has 0 N–H and O–H groups in total. The van der Waals surface area contributed by atoms with Gasteiger partial charge >= 0.3 is 0 Å². The summed E-state index contributed by atoms with van der Waals surface area (Å²) in [5.74, 6) is 1.23. The van der Waals surface area contributed by atoms with Gasteiger partial charge in [-0.2, -0.15) is 14.6 Å². The maximum atomic E-state index is 12.9. The average molecular weight is 401 g/mol. The van der Waals surface area contributed by atoms with Gasteiger partial charge in [0.15, 0.2) is 0 Å². The third kappa shape index (κ3) is 3.52. The van der Waals surface area contributed by atoms with Crippen molar-refractivity contribution in [2.24, 2.45) is 5.92 Å². The Morgan fingerprint density at radius 3 is 2.50 bits per heavy atom. The molecular formula is C20H24N4O3S. The molecule has 2 aromatic rings. The highest BCUT2D eigenvalue weighted by Gasteiger charge is 2.29. The predicted molar refractivity (Wildman–Crippen MR) is 105 cm³/mol. The Bertz CT molecular complexity index is 985. The molecule has 1 aromatic carbocycles. The van der Waals surface area contributed by atoms with E-state index in [1.165, 1.54) is 0 Å². The molecule has 28 heavy (non-hydrogen) atoms. The maximum absolute atomic E-state index is 12.9. The topological polar surface area (TPSA) is 90.4 Å². The summed E-state index contributed by atoms with van der Waals surface area (Å²) in [5, 5.41) is 9.37. The van der Waals surface area contributed by atoms with Crippen molar-refractivity contribution in [2.45, 2.75) is 37.5 Å². The molecule has 0 saturated carbocycles. The van der Waals surface area contributed by atoms with Crippen molar-refractivity contribution in [3.05, 3.63) is 30.0 Å². The lowest BCUT2D eigenvalue weighted by Gasteiger charge is -2.30. The van der Waals surface area contributed by atoms with Gasteiger partial charge in [-0.25, -0.2) is 8.42 Å². The van der Waals surface area contributed by atoms with Gasteiger partial charge in [0.2, 0.25) is 27.5 Å². The summed E-state index contributed by atoms with van der Waals surface area (Å²) in [6, 6.07) is 8.67. The van der Waals surface area contributed by atoms with Gasteiger partial charge in [0, 0.05) is 31.7 Å². The molecule has 7 nitrogen and oxygen atoms in total. The van der Waals surface area contributed by atoms with Crippen LogP contribution in [0.1, 0.15) is 38.3 Å². The van der Waals surface area contributed by atoms with Crippen LogP contribution in [0.2, 0.25) is 0 Å². The van der Waals surface area contributed by atoms with E-state index in [0.29, 0.717) is 36.3 Å². The molecule has 4 rings (SSSR count). The number of nitriles is 1. The van der Waals surface area contributed by atoms with E-state index in [1.807, 2.05) is 4.90 Å². The lowest BCUT2D eigenvalue weighted by atomic mass is 10.0. The van der Waals surface area contributed by atoms with E-state index in [-0.39, 0.29) is 10.6 Å². The van der Waals surface area contributed by atoms with Gasteiger partial charge in [-0.3, -0.25) is 0 Å². The Hall–Kier alpha value is -2.37. The van der Waals surface area contributed by atoms with Gasteiger partial charge in [0.1, 0.15) is 6.07 Å². The van der Waals surface area contributed by atoms with Crippen molar-refractivity contribution in [1.29, 1.82) is 5.26 Å². The van der Waals surface area contributed by atoms with Gasteiger partial charge in [0.25, 0.3) is 0 Å². The Morgan fingerprint density at radius 1 is 1.14 bits per heavy atom. The Labute approximate surface area is 165 Å². The summed E-state index contributed by atoms with van der Waals surface area (Å²) in [5.41, 5.74) is 0.934. The van der Waals surface area contributed by atoms with Crippen molar-refractivity contribution in [3.63, 3.8) is 0 Å². The molecule has 0 amide bonds. The second kappa shape index (κ2) is 7.57. The molecule has 2 saturated heterocycles. The first-order valence-corrected chi connectivity index (χ1v) is 11.2. The summed E-state index contributed by atoms with van der Waals surface area (Å²) in [4.78, 5) is 6.61. The summed E-state index contributed by atoms with van der Waals surface area (Å²) in [6.45, 7) is 4.93. The molecule has 0 spiro atoms. The lowest BCUT2D eigenvalue weighted by Crippen LogP contribution is -2.39. The zero-order chi connectivity index (χ0) is 19.7. The normalized spacial score (nSPS) is 21.0. The third-order valence-corrected chi connectivity index (χ3v) is 7.35. The largest absolute Gasteiger partial charge is 0.419 e. The van der Waals surface area contributed by atoms with Crippen LogP contribution in [0.5, 0.6) is 0 Å². The van der Waals surface area contributed by atoms with Crippen LogP contribution in [0.15, 0.2) is 33.6 Å². The van der Waals surface area contributed by atoms with Crippen LogP contribution < -0.4 is 4.90 Å². The van der Waals surface area contributed by atoms with Crippen LogP contribution in [-0.4, -0.2) is 43.9 Å². The van der Waals surface area contributed by atoms with E-state index in [1.54, 1.807) is 28.6 Å². The van der Waals surface area contributed by atoms with Crippen molar-refractivity contribution < 1.29 is 12.8 Å². The number of aromatic nitrogens is 1. The monoisotopic (exact) mass is 400 g/mol. The fourth-order valence-electron chi connectivity index (χ4n) is 3.93. The molecule has 3 heterocycles. The highest BCUT2D eigenvalue weighted by atomic mass is 32.2. The fraction of sp³-hybridized carbons (Fsp3) is 0.500. The molecular weight excluding hydrogens is 376 g/mol. The number of rotatable bonds is 4. The first-order chi connectivity index (χ1) is 13.5. The van der Waals surface area contributed by atoms with Crippen LogP contribution in [-0.2, 0) is 10.0 Å². The van der Waals surface area contributed by atoms with Crippen LogP contribution in [0.4, 0.5) is 5.88 Å². The van der Waals surface area contributed by atoms with Gasteiger partial charge in [-0.15, -0.1) is 0 Å². The van der Waals surface area contributed by atoms with E-state index in [0.717, 1.165) is 38.8 Å². The standard InChI is InChI=1S/C20H24N4O3S/c1-15-5-4-12-24(14-15)28(25,26)17-8-6-16(7-9-17)19-22-18(13-21)20(27-19)23-10-2-3-11-23/h6-9,15H,2-5,10-12,14H2,1H3/t15-/m0/s1. The van der Waals surface area contributed by atoms with Crippen molar-refractivity contribution in [3.8, 4) is 17.5 Å². The van der Waals surface area contributed by atoms with Gasteiger partial charge in [0.05, 0.1) is 4.90 Å². The lowest BCUT2D eigenvalue weighted by molar-refractivity contribution is 0.281. The molecule has 148 valence electrons. The molecule has 0 aliphatic carbocycles. The number of oxazole rings is 1. The first kappa shape index (κ1) is 19.0. The summed E-state index contributed by atoms with van der Waals surface area (Å²) < 4.78 is 33.2. The van der Waals surface area contributed by atoms with Gasteiger partial charge < -0.3 is 9.32 Å². The molecule has 8 heteroatoms. The van der Waals surface area contributed by atoms with Crippen molar-refractivity contribution >= 4 is 15.9 Å². The number of piperidine rings is 1. The number of sulfonamides is 1. The van der Waals surface area contributed by atoms with E-state index in [4.69, 9.17) is 4.42 Å². The number of nitrogens with zero attached hydrogens (tertiary/aromatic N) is 4. The Kier molecular flexibility index (Phi) is 5.13. The predicted octanol–water partition coefficient (Wildman–Crippen LogP) is 3.23.